The Morgan fingerprint density at radius 2 is 1.20 bits per heavy atom. The largest absolute Gasteiger partial charge is 0.129 e. The molecular weight excluding hydrogens is 79.0 g/mol. The molecule has 0 radical (unpaired) electrons. The van der Waals surface area contributed by atoms with E-state index in [2.05, 4.69) is 26.2 Å². The SMILES string of the molecule is C#C.CPC. The molecule has 0 spiro atoms. The Morgan fingerprint density at radius 1 is 1.20 bits per heavy atom. The number of hydrogen-bond donors (Lipinski definition) is 0. The Hall–Kier alpha value is -0.0100. The lowest BCUT2D eigenvalue weighted by molar-refractivity contribution is 2.32. The quantitative estimate of drug-likeness (QED) is 0.308. The summed E-state index contributed by atoms with van der Waals surface area (Å²) in [6, 6.07) is 0. The van der Waals surface area contributed by atoms with Gasteiger partial charge in [0.15, 0.2) is 0 Å². The zero-order chi connectivity index (χ0) is 4.71. The summed E-state index contributed by atoms with van der Waals surface area (Å²) in [5.41, 5.74) is 0. The van der Waals surface area contributed by atoms with Crippen molar-refractivity contribution in [3.8, 4) is 12.8 Å². The van der Waals surface area contributed by atoms with Crippen molar-refractivity contribution in [2.24, 2.45) is 0 Å². The molecule has 0 heterocycles. The van der Waals surface area contributed by atoms with Gasteiger partial charge in [0.05, 0.1) is 0 Å². The van der Waals surface area contributed by atoms with Gasteiger partial charge in [0.25, 0.3) is 0 Å². The Kier molecular flexibility index (Phi) is 64.7. The van der Waals surface area contributed by atoms with Crippen LogP contribution in [0.4, 0.5) is 0 Å². The second-order valence-corrected chi connectivity index (χ2v) is 1.50. The van der Waals surface area contributed by atoms with E-state index in [1.54, 1.807) is 0 Å². The summed E-state index contributed by atoms with van der Waals surface area (Å²) in [5.74, 6) is 0. The van der Waals surface area contributed by atoms with Gasteiger partial charge in [0.2, 0.25) is 0 Å². The highest BCUT2D eigenvalue weighted by molar-refractivity contribution is 7.35. The Morgan fingerprint density at radius 3 is 1.20 bits per heavy atom. The van der Waals surface area contributed by atoms with Crippen LogP contribution in [-0.4, -0.2) is 13.3 Å². The van der Waals surface area contributed by atoms with Gasteiger partial charge in [-0.15, -0.1) is 21.4 Å². The van der Waals surface area contributed by atoms with Gasteiger partial charge >= 0.3 is 0 Å². The zero-order valence-corrected chi connectivity index (χ0v) is 4.65. The van der Waals surface area contributed by atoms with E-state index in [-0.39, 0.29) is 0 Å². The monoisotopic (exact) mass is 88.0 g/mol. The van der Waals surface area contributed by atoms with E-state index in [0.717, 1.165) is 8.58 Å². The lowest BCUT2D eigenvalue weighted by Gasteiger charge is -1.50. The summed E-state index contributed by atoms with van der Waals surface area (Å²) in [6.45, 7) is 4.31. The van der Waals surface area contributed by atoms with Crippen LogP contribution in [0.15, 0.2) is 0 Å². The van der Waals surface area contributed by atoms with Crippen LogP contribution >= 0.6 is 8.58 Å². The molecule has 0 saturated carbocycles. The summed E-state index contributed by atoms with van der Waals surface area (Å²) < 4.78 is 0. The molecule has 5 heavy (non-hydrogen) atoms. The second-order valence-electron chi connectivity index (χ2n) is 0.500. The molecule has 0 saturated heterocycles. The smallest absolute Gasteiger partial charge is 0.0475 e. The fraction of sp³-hybridized carbons (Fsp3) is 0.500. The number of rotatable bonds is 0. The molecule has 1 heteroatoms. The van der Waals surface area contributed by atoms with Gasteiger partial charge in [-0.05, 0) is 13.3 Å². The lowest BCUT2D eigenvalue weighted by Crippen LogP contribution is -1.18. The summed E-state index contributed by atoms with van der Waals surface area (Å²) in [5, 5.41) is 0. The predicted molar refractivity (Wildman–Crippen MR) is 30.1 cm³/mol. The van der Waals surface area contributed by atoms with Gasteiger partial charge in [-0.2, -0.15) is 0 Å². The zero-order valence-electron chi connectivity index (χ0n) is 3.65. The average molecular weight is 88.1 g/mol. The molecule has 0 aromatic rings. The molecule has 0 rings (SSSR count). The van der Waals surface area contributed by atoms with Gasteiger partial charge < -0.3 is 0 Å². The van der Waals surface area contributed by atoms with Crippen LogP contribution in [0.1, 0.15) is 0 Å². The van der Waals surface area contributed by atoms with E-state index < -0.39 is 0 Å². The van der Waals surface area contributed by atoms with E-state index in [9.17, 15) is 0 Å². The van der Waals surface area contributed by atoms with Crippen molar-refractivity contribution >= 4 is 8.58 Å². The molecule has 0 atom stereocenters. The first-order valence-corrected chi connectivity index (χ1v) is 3.33. The normalized spacial score (nSPS) is 4.00. The third-order valence-corrected chi connectivity index (χ3v) is 0. The van der Waals surface area contributed by atoms with Crippen molar-refractivity contribution < 1.29 is 0 Å². The molecule has 0 aliphatic heterocycles. The first-order valence-electron chi connectivity index (χ1n) is 1.33. The molecule has 0 aromatic heterocycles. The minimum Gasteiger partial charge on any atom is -0.129 e. The second kappa shape index (κ2) is 36.4. The molecule has 30 valence electrons. The molecule has 0 fully saturated rings. The highest BCUT2D eigenvalue weighted by Crippen LogP contribution is 1.84. The van der Waals surface area contributed by atoms with E-state index >= 15 is 0 Å². The minimum atomic E-state index is 1.08. The van der Waals surface area contributed by atoms with Crippen LogP contribution in [0, 0.1) is 12.8 Å². The molecule has 0 aromatic carbocycles. The van der Waals surface area contributed by atoms with Crippen molar-refractivity contribution in [3.63, 3.8) is 0 Å². The maximum atomic E-state index is 4.00. The van der Waals surface area contributed by atoms with Gasteiger partial charge in [0, 0.05) is 0 Å². The predicted octanol–water partition coefficient (Wildman–Crippen LogP) is 1.17. The van der Waals surface area contributed by atoms with Crippen LogP contribution in [-0.2, 0) is 0 Å². The molecule has 0 N–H and O–H groups in total. The van der Waals surface area contributed by atoms with Gasteiger partial charge in [-0.3, -0.25) is 0 Å². The van der Waals surface area contributed by atoms with Crippen molar-refractivity contribution in [2.45, 2.75) is 0 Å². The van der Waals surface area contributed by atoms with E-state index in [0.29, 0.717) is 0 Å². The van der Waals surface area contributed by atoms with Gasteiger partial charge in [-0.25, -0.2) is 0 Å². The maximum absolute atomic E-state index is 4.00. The van der Waals surface area contributed by atoms with Crippen LogP contribution < -0.4 is 0 Å². The highest BCUT2D eigenvalue weighted by atomic mass is 31.1. The first-order chi connectivity index (χ1) is 2.41. The number of hydrogen-bond acceptors (Lipinski definition) is 0. The van der Waals surface area contributed by atoms with Crippen LogP contribution in [0.3, 0.4) is 0 Å². The van der Waals surface area contributed by atoms with Crippen molar-refractivity contribution in [1.82, 2.24) is 0 Å². The fourth-order valence-electron chi connectivity index (χ4n) is 0. The lowest BCUT2D eigenvalue weighted by atomic mass is 11.4. The van der Waals surface area contributed by atoms with Gasteiger partial charge in [0.1, 0.15) is 0 Å². The summed E-state index contributed by atoms with van der Waals surface area (Å²) >= 11 is 0. The molecule has 0 aliphatic rings. The van der Waals surface area contributed by atoms with Crippen LogP contribution in [0.2, 0.25) is 0 Å². The topological polar surface area (TPSA) is 0 Å². The molecular formula is C4H9P. The third-order valence-electron chi connectivity index (χ3n) is 0. The Bertz CT molecular complexity index is 14.9. The summed E-state index contributed by atoms with van der Waals surface area (Å²) in [4.78, 5) is 0. The maximum Gasteiger partial charge on any atom is -0.0475 e. The molecule has 0 amide bonds. The number of terminal acetylenes is 1. The molecule has 0 nitrogen and oxygen atoms in total. The Labute approximate surface area is 35.8 Å². The van der Waals surface area contributed by atoms with E-state index in [1.165, 1.54) is 0 Å². The van der Waals surface area contributed by atoms with Crippen LogP contribution in [0.5, 0.6) is 0 Å². The van der Waals surface area contributed by atoms with E-state index in [1.807, 2.05) is 0 Å². The van der Waals surface area contributed by atoms with Crippen molar-refractivity contribution in [3.05, 3.63) is 0 Å². The average Bonchev–Trinajstić information content (AvgIpc) is 1.46. The van der Waals surface area contributed by atoms with E-state index in [4.69, 9.17) is 0 Å². The molecule has 0 unspecified atom stereocenters. The van der Waals surface area contributed by atoms with Crippen molar-refractivity contribution in [2.75, 3.05) is 13.3 Å². The fourth-order valence-corrected chi connectivity index (χ4v) is 0. The highest BCUT2D eigenvalue weighted by Gasteiger charge is 1.33. The third kappa shape index (κ3) is 158000. The standard InChI is InChI=1S/C2H7P.C2H2/c1-3-2;1-2/h3H,1-2H3;1-2H. The van der Waals surface area contributed by atoms with Crippen molar-refractivity contribution in [1.29, 1.82) is 0 Å². The summed E-state index contributed by atoms with van der Waals surface area (Å²) in [6.07, 6.45) is 8.00. The first kappa shape index (κ1) is 8.89. The molecule has 0 aliphatic carbocycles. The minimum absolute atomic E-state index is 1.08. The van der Waals surface area contributed by atoms with Gasteiger partial charge in [-0.1, -0.05) is 0 Å². The Balaban J connectivity index is 0. The summed E-state index contributed by atoms with van der Waals surface area (Å²) in [7, 11) is 1.08. The van der Waals surface area contributed by atoms with Crippen LogP contribution in [0.25, 0.3) is 0 Å². The molecule has 0 bridgehead atoms.